The summed E-state index contributed by atoms with van der Waals surface area (Å²) in [5.41, 5.74) is 26.1. The number of hydrogen-bond donors (Lipinski definition) is 0. The Morgan fingerprint density at radius 3 is 1.15 bits per heavy atom. The maximum Gasteiger partial charge on any atom is 0.145 e. The number of para-hydroxylation sites is 4. The lowest BCUT2D eigenvalue weighted by Gasteiger charge is -2.41. The van der Waals surface area contributed by atoms with E-state index in [1.165, 1.54) is 83.0 Å². The van der Waals surface area contributed by atoms with E-state index in [1.807, 2.05) is 55.1 Å². The van der Waals surface area contributed by atoms with Gasteiger partial charge in [0.1, 0.15) is 11.6 Å². The molecule has 7 heterocycles. The van der Waals surface area contributed by atoms with Gasteiger partial charge in [-0.25, -0.2) is 9.97 Å². The molecule has 0 bridgehead atoms. The summed E-state index contributed by atoms with van der Waals surface area (Å²) in [4.78, 5) is 18.9. The van der Waals surface area contributed by atoms with E-state index in [4.69, 9.17) is 21.6 Å². The molecule has 97 heavy (non-hydrogen) atoms. The van der Waals surface area contributed by atoms with Crippen LogP contribution < -0.4 is 0 Å². The minimum Gasteiger partial charge on any atom is -0.309 e. The van der Waals surface area contributed by atoms with E-state index in [2.05, 4.69) is 309 Å². The smallest absolute Gasteiger partial charge is 0.145 e. The van der Waals surface area contributed by atoms with Crippen molar-refractivity contribution in [1.82, 2.24) is 33.6 Å². The highest BCUT2D eigenvalue weighted by Gasteiger charge is 2.48. The Hall–Kier alpha value is -12.1. The molecule has 17 aromatic rings. The van der Waals surface area contributed by atoms with E-state index in [9.17, 15) is 0 Å². The van der Waals surface area contributed by atoms with E-state index in [0.29, 0.717) is 5.02 Å². The van der Waals surface area contributed by atoms with Crippen LogP contribution in [0.1, 0.15) is 63.1 Å². The van der Waals surface area contributed by atoms with Crippen molar-refractivity contribution in [2.24, 2.45) is 0 Å². The monoisotopic (exact) mass is 1270 g/mol. The van der Waals surface area contributed by atoms with Gasteiger partial charge in [0.2, 0.25) is 0 Å². The number of hydrogen-bond acceptors (Lipinski definition) is 4. The van der Waals surface area contributed by atoms with Crippen molar-refractivity contribution >= 4 is 55.5 Å². The summed E-state index contributed by atoms with van der Waals surface area (Å²) >= 11 is 6.71. The molecule has 7 nitrogen and oxygen atoms in total. The van der Waals surface area contributed by atoms with E-state index in [-0.39, 0.29) is 12.1 Å². The van der Waals surface area contributed by atoms with Crippen LogP contribution in [-0.4, -0.2) is 33.6 Å². The molecule has 0 atom stereocenters. The molecule has 0 fully saturated rings. The van der Waals surface area contributed by atoms with Gasteiger partial charge in [-0.05, 0) is 158 Å². The second kappa shape index (κ2) is 24.3. The predicted molar refractivity (Wildman–Crippen MR) is 396 cm³/mol. The molecule has 9 heteroatoms. The Kier molecular flexibility index (Phi) is 15.0. The number of halogens is 2. The summed E-state index contributed by atoms with van der Waals surface area (Å²) in [5.74, 6) is 1.81. The highest BCUT2D eigenvalue weighted by atomic mass is 35.5. The molecule has 0 saturated carbocycles. The molecule has 0 saturated heterocycles. The number of aromatic nitrogens is 7. The molecular formula is C88H63ClFN7. The van der Waals surface area contributed by atoms with Crippen molar-refractivity contribution < 1.29 is 4.70 Å². The van der Waals surface area contributed by atoms with E-state index < -0.39 is 10.8 Å². The Balaban J connectivity index is 0.000000129. The highest BCUT2D eigenvalue weighted by molar-refractivity contribution is 6.30. The normalized spacial score (nSPS) is 13.0. The van der Waals surface area contributed by atoms with Gasteiger partial charge in [-0.3, -0.25) is 23.8 Å². The second-order valence-corrected chi connectivity index (χ2v) is 25.0. The molecular weight excluding hydrogens is 1210 g/mol. The SMILES string of the molecule is C.Clc1ccc2c(c1)C(c1ccccc1)(c1ccccc1)c1cccc3nc(-c4ccncc4)n-2c13.F.c1ccc(C2(c3ccccc3)c3cc(-n4c5ccccc5c5ccccc54)ccc3-n3c(-c4ccncc4)nc4cccc2c43)cc1.c1ccc2c(c1)Cc1ccccc1-2. The lowest BCUT2D eigenvalue weighted by Crippen LogP contribution is -2.35. The Labute approximate surface area is 566 Å². The molecule has 0 unspecified atom stereocenters. The standard InChI is InChI=1S/C43H28N4.C31H20ClN3.C13H10.CH4.FH/c1-3-12-30(13-4-1)43(31-14-5-2-6-15-31)35-18-11-19-37-41(35)47(42(45-37)29-24-26-44-27-25-29)40-23-22-32(28-36(40)43)46-38-20-9-7-16-33(38)34-17-8-10-21-39(34)46;32-24-14-15-28-26(20-24)31(22-8-3-1-4-9-22,23-10-5-2-6-11-23)25-12-7-13-27-29(25)35(28)30(34-27)21-16-18-33-19-17-21;1-3-7-12-10(5-1)9-11-6-2-4-8-13(11)12;;/h1-28H;1-20H;1-8H,9H2;1H4;1H. The number of benzene rings is 12. The van der Waals surface area contributed by atoms with Crippen LogP contribution in [0.4, 0.5) is 4.70 Å². The van der Waals surface area contributed by atoms with Crippen LogP contribution >= 0.6 is 11.6 Å². The first kappa shape index (κ1) is 59.9. The van der Waals surface area contributed by atoms with Crippen molar-refractivity contribution in [2.45, 2.75) is 24.7 Å². The zero-order valence-electron chi connectivity index (χ0n) is 52.0. The minimum atomic E-state index is -0.600. The van der Waals surface area contributed by atoms with Gasteiger partial charge in [0, 0.05) is 57.4 Å². The molecule has 0 amide bonds. The van der Waals surface area contributed by atoms with Crippen LogP contribution in [0.2, 0.25) is 5.02 Å². The van der Waals surface area contributed by atoms with Crippen molar-refractivity contribution in [3.8, 4) is 51.0 Å². The largest absolute Gasteiger partial charge is 0.309 e. The average molecular weight is 1270 g/mol. The summed E-state index contributed by atoms with van der Waals surface area (Å²) in [7, 11) is 0. The molecule has 20 rings (SSSR count). The highest BCUT2D eigenvalue weighted by Crippen LogP contribution is 2.56. The zero-order valence-corrected chi connectivity index (χ0v) is 52.7. The third-order valence-electron chi connectivity index (χ3n) is 19.6. The molecule has 464 valence electrons. The fraction of sp³-hybridized carbons (Fsp3) is 0.0455. The molecule has 2 aliphatic heterocycles. The third-order valence-corrected chi connectivity index (χ3v) is 19.9. The fourth-order valence-electron chi connectivity index (χ4n) is 15.8. The molecule has 1 aliphatic carbocycles. The fourth-order valence-corrected chi connectivity index (χ4v) is 16.0. The van der Waals surface area contributed by atoms with Gasteiger partial charge < -0.3 is 4.57 Å². The Morgan fingerprint density at radius 2 is 0.711 bits per heavy atom. The van der Waals surface area contributed by atoms with Crippen LogP contribution in [-0.2, 0) is 17.3 Å². The number of fused-ring (bicyclic) bond motifs is 10. The molecule has 0 spiro atoms. The van der Waals surface area contributed by atoms with Crippen molar-refractivity contribution in [1.29, 1.82) is 0 Å². The lowest BCUT2D eigenvalue weighted by molar-refractivity contribution is 0.724. The van der Waals surface area contributed by atoms with E-state index >= 15 is 0 Å². The summed E-state index contributed by atoms with van der Waals surface area (Å²) in [6, 6.07) is 112. The van der Waals surface area contributed by atoms with Gasteiger partial charge >= 0.3 is 0 Å². The van der Waals surface area contributed by atoms with Crippen LogP contribution in [0.25, 0.3) is 94.8 Å². The van der Waals surface area contributed by atoms with Crippen LogP contribution in [0.15, 0.2) is 340 Å². The predicted octanol–water partition coefficient (Wildman–Crippen LogP) is 21.4. The Bertz CT molecular complexity index is 5600. The van der Waals surface area contributed by atoms with Crippen molar-refractivity contribution in [3.05, 3.63) is 401 Å². The zero-order chi connectivity index (χ0) is 63.0. The van der Waals surface area contributed by atoms with Gasteiger partial charge in [0.25, 0.3) is 0 Å². The van der Waals surface area contributed by atoms with E-state index in [0.717, 1.165) is 73.9 Å². The first-order valence-electron chi connectivity index (χ1n) is 32.2. The molecule has 12 aromatic carbocycles. The number of nitrogens with zero attached hydrogens (tertiary/aromatic N) is 7. The number of rotatable bonds is 7. The first-order valence-corrected chi connectivity index (χ1v) is 32.6. The number of imidazole rings is 2. The summed E-state index contributed by atoms with van der Waals surface area (Å²) < 4.78 is 7.07. The lowest BCUT2D eigenvalue weighted by atomic mass is 9.63. The molecule has 3 aliphatic rings. The summed E-state index contributed by atoms with van der Waals surface area (Å²) in [6.45, 7) is 0. The van der Waals surface area contributed by atoms with E-state index in [1.54, 1.807) is 0 Å². The Morgan fingerprint density at radius 1 is 0.330 bits per heavy atom. The molecule has 0 radical (unpaired) electrons. The van der Waals surface area contributed by atoms with Crippen LogP contribution in [0.5, 0.6) is 0 Å². The van der Waals surface area contributed by atoms with Crippen molar-refractivity contribution in [3.63, 3.8) is 0 Å². The topological polar surface area (TPSA) is 66.3 Å². The first-order chi connectivity index (χ1) is 47.1. The average Bonchev–Trinajstić information content (AvgIpc) is 1.68. The van der Waals surface area contributed by atoms with Gasteiger partial charge in [0.05, 0.1) is 55.3 Å². The van der Waals surface area contributed by atoms with Gasteiger partial charge in [0.15, 0.2) is 0 Å². The van der Waals surface area contributed by atoms with Crippen LogP contribution in [0, 0.1) is 0 Å². The number of pyridine rings is 2. The van der Waals surface area contributed by atoms with Crippen molar-refractivity contribution in [2.75, 3.05) is 0 Å². The van der Waals surface area contributed by atoms with Gasteiger partial charge in [-0.2, -0.15) is 0 Å². The maximum absolute atomic E-state index is 6.71. The van der Waals surface area contributed by atoms with Gasteiger partial charge in [-0.1, -0.05) is 250 Å². The molecule has 5 aromatic heterocycles. The second-order valence-electron chi connectivity index (χ2n) is 24.5. The summed E-state index contributed by atoms with van der Waals surface area (Å²) in [5, 5.41) is 3.21. The molecule has 0 N–H and O–H groups in total. The minimum absolute atomic E-state index is 0. The third kappa shape index (κ3) is 9.31. The van der Waals surface area contributed by atoms with Crippen LogP contribution in [0.3, 0.4) is 0 Å². The quantitative estimate of drug-likeness (QED) is 0.159. The maximum atomic E-state index is 6.71. The van der Waals surface area contributed by atoms with Gasteiger partial charge in [-0.15, -0.1) is 0 Å². The summed E-state index contributed by atoms with van der Waals surface area (Å²) in [6.07, 6.45) is 8.41.